The smallest absolute Gasteiger partial charge is 0.413 e. The van der Waals surface area contributed by atoms with Crippen molar-refractivity contribution in [3.63, 3.8) is 0 Å². The van der Waals surface area contributed by atoms with Crippen molar-refractivity contribution >= 4 is 11.9 Å². The van der Waals surface area contributed by atoms with Gasteiger partial charge in [0.1, 0.15) is 23.7 Å². The lowest BCUT2D eigenvalue weighted by Crippen LogP contribution is -2.35. The Hall–Kier alpha value is -4.02. The van der Waals surface area contributed by atoms with Crippen molar-refractivity contribution < 1.29 is 33.3 Å². The third-order valence-electron chi connectivity index (χ3n) is 6.90. The molecule has 3 heterocycles. The Balaban J connectivity index is 1.43. The number of nitrogens with one attached hydrogen (secondary N) is 1. The number of halogens is 1. The molecule has 0 spiro atoms. The number of rotatable bonds is 7. The number of nitrogens with zero attached hydrogens (tertiary/aromatic N) is 1. The van der Waals surface area contributed by atoms with Gasteiger partial charge in [-0.25, -0.2) is 14.2 Å². The van der Waals surface area contributed by atoms with E-state index in [1.807, 2.05) is 6.92 Å². The number of ketones is 1. The van der Waals surface area contributed by atoms with Crippen molar-refractivity contribution in [3.8, 4) is 28.5 Å². The highest BCUT2D eigenvalue weighted by molar-refractivity contribution is 5.97. The summed E-state index contributed by atoms with van der Waals surface area (Å²) in [5, 5.41) is 14.0. The second-order valence-corrected chi connectivity index (χ2v) is 10.1. The van der Waals surface area contributed by atoms with Gasteiger partial charge in [-0.2, -0.15) is 0 Å². The molecule has 198 valence electrons. The summed E-state index contributed by atoms with van der Waals surface area (Å²) in [6, 6.07) is 10.7. The van der Waals surface area contributed by atoms with Crippen LogP contribution in [0.3, 0.4) is 0 Å². The number of hydrogen-bond acceptors (Lipinski definition) is 8. The van der Waals surface area contributed by atoms with E-state index in [0.717, 1.165) is 0 Å². The molecule has 2 aromatic carbocycles. The molecular weight excluding hydrogens is 493 g/mol. The first-order valence-corrected chi connectivity index (χ1v) is 12.1. The third kappa shape index (κ3) is 4.68. The molecule has 0 aliphatic carbocycles. The van der Waals surface area contributed by atoms with Crippen LogP contribution in [0, 0.1) is 5.82 Å². The van der Waals surface area contributed by atoms with Crippen LogP contribution in [-0.2, 0) is 17.7 Å². The minimum atomic E-state index is -1.49. The van der Waals surface area contributed by atoms with Gasteiger partial charge in [-0.1, -0.05) is 0 Å². The van der Waals surface area contributed by atoms with E-state index in [-0.39, 0.29) is 49.1 Å². The molecule has 2 aliphatic rings. The fourth-order valence-electron chi connectivity index (χ4n) is 4.63. The minimum absolute atomic E-state index is 0.00317. The average Bonchev–Trinajstić information content (AvgIpc) is 3.21. The van der Waals surface area contributed by atoms with E-state index in [0.29, 0.717) is 39.4 Å². The average molecular weight is 522 g/mol. The molecule has 1 amide bonds. The number of ether oxygens (including phenoxy) is 3. The molecule has 0 saturated carbocycles. The number of pyridine rings is 1. The van der Waals surface area contributed by atoms with Crippen molar-refractivity contribution in [1.82, 2.24) is 10.3 Å². The fraction of sp³-hybridized carbons (Fsp3) is 0.321. The molecule has 4 N–H and O–H groups in total. The van der Waals surface area contributed by atoms with E-state index in [2.05, 4.69) is 10.3 Å². The van der Waals surface area contributed by atoms with E-state index < -0.39 is 17.2 Å². The number of amides is 1. The lowest BCUT2D eigenvalue weighted by Gasteiger charge is -2.26. The summed E-state index contributed by atoms with van der Waals surface area (Å²) in [6.45, 7) is 3.84. The molecule has 0 fully saturated rings. The summed E-state index contributed by atoms with van der Waals surface area (Å²) in [5.41, 5.74) is 7.20. The standard InChI is InChI=1S/C28H28FN3O6/c1-27(30)14-37-25-19(27)12-22(32-23(25)15-4-6-18(29)7-5-15)28(2,35)9-8-20(33)16-10-17-13-31-26(34)38-24(17)21(11-16)36-3/h4-7,10-12,35H,8-9,13-14,30H2,1-3H3,(H,31,34)/t27-,28?/m1/s1. The quantitative estimate of drug-likeness (QED) is 0.398. The lowest BCUT2D eigenvalue weighted by molar-refractivity contribution is 0.0396. The molecule has 2 aliphatic heterocycles. The van der Waals surface area contributed by atoms with Crippen LogP contribution in [0.25, 0.3) is 11.3 Å². The summed E-state index contributed by atoms with van der Waals surface area (Å²) in [7, 11) is 1.43. The first-order valence-electron chi connectivity index (χ1n) is 12.1. The molecule has 0 saturated heterocycles. The van der Waals surface area contributed by atoms with Crippen LogP contribution in [-0.4, -0.2) is 35.7 Å². The molecule has 5 rings (SSSR count). The van der Waals surface area contributed by atoms with Gasteiger partial charge in [0, 0.05) is 35.2 Å². The molecule has 0 bridgehead atoms. The summed E-state index contributed by atoms with van der Waals surface area (Å²) in [5.74, 6) is 0.439. The van der Waals surface area contributed by atoms with E-state index in [4.69, 9.17) is 19.9 Å². The number of carbonyl (C=O) groups excluding carboxylic acids is 2. The maximum atomic E-state index is 13.6. The molecule has 10 heteroatoms. The maximum Gasteiger partial charge on any atom is 0.413 e. The third-order valence-corrected chi connectivity index (χ3v) is 6.90. The molecule has 0 radical (unpaired) electrons. The minimum Gasteiger partial charge on any atom is -0.493 e. The number of Topliss-reactive ketones (excluding diaryl/α,β-unsaturated/α-hetero) is 1. The number of nitrogens with two attached hydrogens (primary N) is 1. The van der Waals surface area contributed by atoms with Crippen molar-refractivity contribution in [2.75, 3.05) is 13.7 Å². The largest absolute Gasteiger partial charge is 0.493 e. The second kappa shape index (κ2) is 9.38. The van der Waals surface area contributed by atoms with E-state index in [9.17, 15) is 19.1 Å². The number of carbonyl (C=O) groups is 2. The van der Waals surface area contributed by atoms with Crippen molar-refractivity contribution in [2.24, 2.45) is 5.73 Å². The van der Waals surface area contributed by atoms with Gasteiger partial charge < -0.3 is 30.4 Å². The number of fused-ring (bicyclic) bond motifs is 2. The molecule has 38 heavy (non-hydrogen) atoms. The van der Waals surface area contributed by atoms with Gasteiger partial charge in [-0.3, -0.25) is 4.79 Å². The normalized spacial score (nSPS) is 19.4. The maximum absolute atomic E-state index is 13.6. The van der Waals surface area contributed by atoms with Crippen molar-refractivity contribution in [3.05, 3.63) is 70.7 Å². The Morgan fingerprint density at radius 2 is 2.00 bits per heavy atom. The Kier molecular flexibility index (Phi) is 6.32. The van der Waals surface area contributed by atoms with Gasteiger partial charge in [0.2, 0.25) is 0 Å². The number of aromatic nitrogens is 1. The highest BCUT2D eigenvalue weighted by atomic mass is 19.1. The predicted octanol–water partition coefficient (Wildman–Crippen LogP) is 3.94. The van der Waals surface area contributed by atoms with Crippen molar-refractivity contribution in [2.45, 2.75) is 44.4 Å². The van der Waals surface area contributed by atoms with Crippen LogP contribution in [0.4, 0.5) is 9.18 Å². The first-order chi connectivity index (χ1) is 18.0. The Bertz CT molecular complexity index is 1420. The fourth-order valence-corrected chi connectivity index (χ4v) is 4.63. The zero-order chi connectivity index (χ0) is 27.2. The Morgan fingerprint density at radius 3 is 2.71 bits per heavy atom. The molecule has 2 atom stereocenters. The second-order valence-electron chi connectivity index (χ2n) is 10.1. The summed E-state index contributed by atoms with van der Waals surface area (Å²) >= 11 is 0. The SMILES string of the molecule is COc1cc(C(=O)CCC(C)(O)c2cc3c(c(-c4ccc(F)cc4)n2)OC[C@@]3(C)N)cc2c1OC(=O)NC2. The van der Waals surface area contributed by atoms with Crippen LogP contribution in [0.5, 0.6) is 17.2 Å². The van der Waals surface area contributed by atoms with Crippen LogP contribution >= 0.6 is 0 Å². The van der Waals surface area contributed by atoms with Gasteiger partial charge in [-0.15, -0.1) is 0 Å². The van der Waals surface area contributed by atoms with Crippen LogP contribution in [0.15, 0.2) is 42.5 Å². The van der Waals surface area contributed by atoms with E-state index >= 15 is 0 Å². The van der Waals surface area contributed by atoms with E-state index in [1.165, 1.54) is 25.3 Å². The van der Waals surface area contributed by atoms with Gasteiger partial charge in [0.25, 0.3) is 0 Å². The van der Waals surface area contributed by atoms with Crippen LogP contribution in [0.2, 0.25) is 0 Å². The molecule has 1 unspecified atom stereocenters. The predicted molar refractivity (Wildman–Crippen MR) is 136 cm³/mol. The van der Waals surface area contributed by atoms with Gasteiger partial charge in [0.05, 0.1) is 18.3 Å². The summed E-state index contributed by atoms with van der Waals surface area (Å²) in [6.07, 6.45) is -0.523. The topological polar surface area (TPSA) is 133 Å². The number of hydrogen-bond donors (Lipinski definition) is 3. The zero-order valence-electron chi connectivity index (χ0n) is 21.3. The molecule has 9 nitrogen and oxygen atoms in total. The number of methoxy groups -OCH3 is 1. The van der Waals surface area contributed by atoms with Gasteiger partial charge in [0.15, 0.2) is 23.0 Å². The summed E-state index contributed by atoms with van der Waals surface area (Å²) in [4.78, 5) is 29.4. The Morgan fingerprint density at radius 1 is 1.26 bits per heavy atom. The lowest BCUT2D eigenvalue weighted by atomic mass is 9.87. The van der Waals surface area contributed by atoms with Crippen molar-refractivity contribution in [1.29, 1.82) is 0 Å². The molecule has 3 aromatic rings. The van der Waals surface area contributed by atoms with Crippen LogP contribution in [0.1, 0.15) is 53.9 Å². The van der Waals surface area contributed by atoms with Gasteiger partial charge >= 0.3 is 6.09 Å². The van der Waals surface area contributed by atoms with Gasteiger partial charge in [-0.05, 0) is 62.7 Å². The summed E-state index contributed by atoms with van der Waals surface area (Å²) < 4.78 is 29.9. The number of benzene rings is 2. The zero-order valence-corrected chi connectivity index (χ0v) is 21.3. The number of aliphatic hydroxyl groups is 1. The monoisotopic (exact) mass is 521 g/mol. The van der Waals surface area contributed by atoms with E-state index in [1.54, 1.807) is 31.2 Å². The molecular formula is C28H28FN3O6. The highest BCUT2D eigenvalue weighted by Crippen LogP contribution is 2.44. The molecule has 1 aromatic heterocycles. The van der Waals surface area contributed by atoms with Crippen LogP contribution < -0.4 is 25.3 Å². The Labute approximate surface area is 218 Å². The first kappa shape index (κ1) is 25.6. The highest BCUT2D eigenvalue weighted by Gasteiger charge is 2.38.